The van der Waals surface area contributed by atoms with Crippen LogP contribution in [0.15, 0.2) is 0 Å². The van der Waals surface area contributed by atoms with Crippen molar-refractivity contribution in [1.29, 1.82) is 0 Å². The number of ether oxygens (including phenoxy) is 1. The molecule has 3 unspecified atom stereocenters. The van der Waals surface area contributed by atoms with Crippen LogP contribution in [0.25, 0.3) is 0 Å². The zero-order valence-electron chi connectivity index (χ0n) is 12.4. The topological polar surface area (TPSA) is 32.7 Å². The van der Waals surface area contributed by atoms with Crippen LogP contribution >= 0.6 is 0 Å². The van der Waals surface area contributed by atoms with Crippen molar-refractivity contribution in [1.82, 2.24) is 4.90 Å². The fourth-order valence-electron chi connectivity index (χ4n) is 2.80. The third-order valence-corrected chi connectivity index (χ3v) is 3.98. The average Bonchev–Trinajstić information content (AvgIpc) is 2.34. The number of aliphatic hydroxyl groups is 1. The predicted octanol–water partition coefficient (Wildman–Crippen LogP) is 2.67. The summed E-state index contributed by atoms with van der Waals surface area (Å²) in [6.07, 6.45) is 7.15. The van der Waals surface area contributed by atoms with Crippen molar-refractivity contribution in [2.75, 3.05) is 26.8 Å². The van der Waals surface area contributed by atoms with Gasteiger partial charge < -0.3 is 14.7 Å². The summed E-state index contributed by atoms with van der Waals surface area (Å²) in [6.45, 7) is 6.48. The highest BCUT2D eigenvalue weighted by molar-refractivity contribution is 4.78. The molecule has 108 valence electrons. The minimum absolute atomic E-state index is 0.343. The van der Waals surface area contributed by atoms with Gasteiger partial charge in [-0.15, -0.1) is 0 Å². The van der Waals surface area contributed by atoms with Crippen molar-refractivity contribution in [2.45, 2.75) is 64.5 Å². The van der Waals surface area contributed by atoms with Crippen molar-refractivity contribution in [3.63, 3.8) is 0 Å². The first kappa shape index (κ1) is 15.9. The van der Waals surface area contributed by atoms with E-state index in [0.717, 1.165) is 31.9 Å². The maximum atomic E-state index is 9.95. The van der Waals surface area contributed by atoms with Crippen LogP contribution < -0.4 is 0 Å². The summed E-state index contributed by atoms with van der Waals surface area (Å²) in [7, 11) is 2.14. The molecule has 1 saturated carbocycles. The second-order valence-corrected chi connectivity index (χ2v) is 5.95. The monoisotopic (exact) mass is 257 g/mol. The van der Waals surface area contributed by atoms with Crippen LogP contribution in [0.5, 0.6) is 0 Å². The number of aliphatic hydroxyl groups excluding tert-OH is 1. The van der Waals surface area contributed by atoms with Crippen LogP contribution in [0.3, 0.4) is 0 Å². The van der Waals surface area contributed by atoms with Crippen molar-refractivity contribution in [3.05, 3.63) is 0 Å². The summed E-state index contributed by atoms with van der Waals surface area (Å²) >= 11 is 0. The lowest BCUT2D eigenvalue weighted by Crippen LogP contribution is -2.41. The maximum Gasteiger partial charge on any atom is 0.0900 e. The molecule has 0 spiro atoms. The van der Waals surface area contributed by atoms with E-state index in [0.29, 0.717) is 12.6 Å². The second kappa shape index (κ2) is 8.89. The molecule has 1 rings (SSSR count). The van der Waals surface area contributed by atoms with Crippen molar-refractivity contribution >= 4 is 0 Å². The smallest absolute Gasteiger partial charge is 0.0900 e. The number of hydrogen-bond acceptors (Lipinski definition) is 3. The Hall–Kier alpha value is -0.120. The molecule has 0 heterocycles. The van der Waals surface area contributed by atoms with E-state index in [1.165, 1.54) is 25.7 Å². The van der Waals surface area contributed by atoms with E-state index in [4.69, 9.17) is 4.74 Å². The Balaban J connectivity index is 2.15. The molecule has 0 aromatic carbocycles. The molecule has 3 atom stereocenters. The van der Waals surface area contributed by atoms with E-state index >= 15 is 0 Å². The van der Waals surface area contributed by atoms with E-state index in [1.807, 2.05) is 0 Å². The van der Waals surface area contributed by atoms with E-state index in [2.05, 4.69) is 25.8 Å². The van der Waals surface area contributed by atoms with Crippen molar-refractivity contribution in [2.24, 2.45) is 5.92 Å². The molecule has 0 aliphatic heterocycles. The number of unbranched alkanes of at least 4 members (excludes halogenated alkanes) is 1. The van der Waals surface area contributed by atoms with Gasteiger partial charge in [-0.05, 0) is 32.2 Å². The summed E-state index contributed by atoms with van der Waals surface area (Å²) < 4.78 is 5.47. The number of rotatable bonds is 8. The summed E-state index contributed by atoms with van der Waals surface area (Å²) in [6, 6.07) is 0.652. The molecule has 18 heavy (non-hydrogen) atoms. The molecule has 3 nitrogen and oxygen atoms in total. The molecular formula is C15H31NO2. The zero-order valence-corrected chi connectivity index (χ0v) is 12.4. The Morgan fingerprint density at radius 2 is 2.17 bits per heavy atom. The van der Waals surface area contributed by atoms with Gasteiger partial charge in [0.15, 0.2) is 0 Å². The van der Waals surface area contributed by atoms with Gasteiger partial charge in [0.1, 0.15) is 0 Å². The fraction of sp³-hybridized carbons (Fsp3) is 1.00. The molecule has 0 saturated heterocycles. The van der Waals surface area contributed by atoms with Gasteiger partial charge in [-0.3, -0.25) is 0 Å². The lowest BCUT2D eigenvalue weighted by molar-refractivity contribution is 0.00849. The average molecular weight is 257 g/mol. The Morgan fingerprint density at radius 1 is 1.39 bits per heavy atom. The van der Waals surface area contributed by atoms with E-state index in [9.17, 15) is 5.11 Å². The highest BCUT2D eigenvalue weighted by atomic mass is 16.5. The first-order valence-electron chi connectivity index (χ1n) is 7.59. The molecule has 1 aliphatic rings. The van der Waals surface area contributed by atoms with Gasteiger partial charge in [0.05, 0.1) is 12.7 Å². The van der Waals surface area contributed by atoms with Gasteiger partial charge in [-0.1, -0.05) is 33.1 Å². The maximum absolute atomic E-state index is 9.95. The zero-order chi connectivity index (χ0) is 13.4. The standard InChI is InChI=1S/C15H31NO2/c1-4-5-9-18-12-15(17)11-16(3)14-8-6-7-13(2)10-14/h13-15,17H,4-12H2,1-3H3. The highest BCUT2D eigenvalue weighted by Gasteiger charge is 2.23. The summed E-state index contributed by atoms with van der Waals surface area (Å²) in [5, 5.41) is 9.95. The first-order chi connectivity index (χ1) is 8.63. The van der Waals surface area contributed by atoms with Crippen molar-refractivity contribution < 1.29 is 9.84 Å². The van der Waals surface area contributed by atoms with E-state index in [1.54, 1.807) is 0 Å². The van der Waals surface area contributed by atoms with E-state index in [-0.39, 0.29) is 6.10 Å². The molecule has 0 radical (unpaired) electrons. The third kappa shape index (κ3) is 6.17. The van der Waals surface area contributed by atoms with Gasteiger partial charge in [0.2, 0.25) is 0 Å². The molecule has 0 amide bonds. The van der Waals surface area contributed by atoms with E-state index < -0.39 is 0 Å². The van der Waals surface area contributed by atoms with Crippen LogP contribution in [0.1, 0.15) is 52.4 Å². The van der Waals surface area contributed by atoms with Gasteiger partial charge in [0, 0.05) is 19.2 Å². The SMILES string of the molecule is CCCCOCC(O)CN(C)C1CCCC(C)C1. The first-order valence-corrected chi connectivity index (χ1v) is 7.59. The molecule has 3 heteroatoms. The number of likely N-dealkylation sites (N-methyl/N-ethyl adjacent to an activating group) is 1. The minimum atomic E-state index is -0.343. The van der Waals surface area contributed by atoms with Crippen LogP contribution in [-0.2, 0) is 4.74 Å². The van der Waals surface area contributed by atoms with Crippen LogP contribution in [-0.4, -0.2) is 49.0 Å². The highest BCUT2D eigenvalue weighted by Crippen LogP contribution is 2.26. The lowest BCUT2D eigenvalue weighted by atomic mass is 9.86. The molecule has 0 bridgehead atoms. The predicted molar refractivity (Wildman–Crippen MR) is 75.8 cm³/mol. The summed E-state index contributed by atoms with van der Waals surface area (Å²) in [4.78, 5) is 2.32. The van der Waals surface area contributed by atoms with Gasteiger partial charge in [-0.2, -0.15) is 0 Å². The Morgan fingerprint density at radius 3 is 2.83 bits per heavy atom. The largest absolute Gasteiger partial charge is 0.389 e. The Kier molecular flexibility index (Phi) is 7.87. The molecule has 0 aromatic heterocycles. The summed E-state index contributed by atoms with van der Waals surface area (Å²) in [5.41, 5.74) is 0. The Labute approximate surface area is 113 Å². The molecule has 0 aromatic rings. The minimum Gasteiger partial charge on any atom is -0.389 e. The van der Waals surface area contributed by atoms with Gasteiger partial charge >= 0.3 is 0 Å². The van der Waals surface area contributed by atoms with Crippen molar-refractivity contribution in [3.8, 4) is 0 Å². The quantitative estimate of drug-likeness (QED) is 0.679. The molecule has 1 fully saturated rings. The molecule has 1 aliphatic carbocycles. The number of hydrogen-bond donors (Lipinski definition) is 1. The second-order valence-electron chi connectivity index (χ2n) is 5.95. The van der Waals surface area contributed by atoms with Crippen LogP contribution in [0.4, 0.5) is 0 Å². The number of nitrogens with zero attached hydrogens (tertiary/aromatic N) is 1. The third-order valence-electron chi connectivity index (χ3n) is 3.98. The van der Waals surface area contributed by atoms with Crippen LogP contribution in [0, 0.1) is 5.92 Å². The van der Waals surface area contributed by atoms with Gasteiger partial charge in [0.25, 0.3) is 0 Å². The Bertz CT molecular complexity index is 211. The summed E-state index contributed by atoms with van der Waals surface area (Å²) in [5.74, 6) is 0.837. The van der Waals surface area contributed by atoms with Gasteiger partial charge in [-0.25, -0.2) is 0 Å². The lowest BCUT2D eigenvalue weighted by Gasteiger charge is -2.35. The van der Waals surface area contributed by atoms with Crippen LogP contribution in [0.2, 0.25) is 0 Å². The molecular weight excluding hydrogens is 226 g/mol. The normalized spacial score (nSPS) is 26.5. The molecule has 1 N–H and O–H groups in total. The fourth-order valence-corrected chi connectivity index (χ4v) is 2.80.